The molecule has 11 heavy (non-hydrogen) atoms. The fraction of sp³-hybridized carbons (Fsp3) is 1.00. The van der Waals surface area contributed by atoms with E-state index < -0.39 is 17.8 Å². The van der Waals surface area contributed by atoms with Crippen LogP contribution in [0.5, 0.6) is 0 Å². The smallest absolute Gasteiger partial charge is 0.0903 e. The van der Waals surface area contributed by atoms with E-state index >= 15 is 0 Å². The molecule has 1 fully saturated rings. The van der Waals surface area contributed by atoms with E-state index in [-0.39, 0.29) is 13.0 Å². The lowest BCUT2D eigenvalue weighted by atomic mass is 9.82. The molecule has 0 aromatic carbocycles. The van der Waals surface area contributed by atoms with Crippen molar-refractivity contribution in [1.29, 1.82) is 0 Å². The van der Waals surface area contributed by atoms with Gasteiger partial charge in [-0.25, -0.2) is 0 Å². The summed E-state index contributed by atoms with van der Waals surface area (Å²) in [6.07, 6.45) is -0.896. The van der Waals surface area contributed by atoms with Crippen LogP contribution < -0.4 is 0 Å². The first-order valence-electron chi connectivity index (χ1n) is 3.77. The van der Waals surface area contributed by atoms with Crippen LogP contribution in [0.4, 0.5) is 0 Å². The van der Waals surface area contributed by atoms with E-state index in [0.717, 1.165) is 0 Å². The monoisotopic (exact) mass is 162 g/mol. The molecule has 0 bridgehead atoms. The highest BCUT2D eigenvalue weighted by atomic mass is 16.3. The maximum absolute atomic E-state index is 9.45. The van der Waals surface area contributed by atoms with Gasteiger partial charge in [-0.2, -0.15) is 0 Å². The van der Waals surface area contributed by atoms with Crippen molar-refractivity contribution in [2.45, 2.75) is 37.1 Å². The molecular weight excluding hydrogens is 148 g/mol. The molecular formula is C7H14O4. The van der Waals surface area contributed by atoms with Crippen molar-refractivity contribution in [1.82, 2.24) is 0 Å². The molecule has 0 amide bonds. The van der Waals surface area contributed by atoms with E-state index in [1.807, 2.05) is 0 Å². The molecule has 1 aliphatic carbocycles. The molecule has 0 spiro atoms. The first-order chi connectivity index (χ1) is 5.07. The molecule has 1 aliphatic rings. The largest absolute Gasteiger partial charge is 0.393 e. The predicted molar refractivity (Wildman–Crippen MR) is 37.9 cm³/mol. The van der Waals surface area contributed by atoms with Crippen LogP contribution >= 0.6 is 0 Å². The lowest BCUT2D eigenvalue weighted by Crippen LogP contribution is -2.46. The van der Waals surface area contributed by atoms with Crippen LogP contribution in [0.1, 0.15) is 19.3 Å². The van der Waals surface area contributed by atoms with Gasteiger partial charge in [-0.3, -0.25) is 0 Å². The second-order valence-corrected chi connectivity index (χ2v) is 3.26. The van der Waals surface area contributed by atoms with Crippen molar-refractivity contribution in [3.8, 4) is 0 Å². The van der Waals surface area contributed by atoms with Crippen molar-refractivity contribution in [2.24, 2.45) is 0 Å². The molecule has 66 valence electrons. The fourth-order valence-electron chi connectivity index (χ4n) is 1.38. The van der Waals surface area contributed by atoms with Crippen LogP contribution in [-0.4, -0.2) is 44.8 Å². The second-order valence-electron chi connectivity index (χ2n) is 3.26. The lowest BCUT2D eigenvalue weighted by molar-refractivity contribution is -0.118. The molecule has 1 saturated carbocycles. The third-order valence-corrected chi connectivity index (χ3v) is 2.23. The van der Waals surface area contributed by atoms with Crippen molar-refractivity contribution in [3.63, 3.8) is 0 Å². The van der Waals surface area contributed by atoms with Crippen LogP contribution in [0.3, 0.4) is 0 Å². The molecule has 0 radical (unpaired) electrons. The number of aliphatic hydroxyl groups excluding tert-OH is 3. The van der Waals surface area contributed by atoms with Crippen molar-refractivity contribution >= 4 is 0 Å². The van der Waals surface area contributed by atoms with E-state index in [1.54, 1.807) is 0 Å². The Morgan fingerprint density at radius 3 is 2.36 bits per heavy atom. The average molecular weight is 162 g/mol. The minimum atomic E-state index is -1.18. The Bertz CT molecular complexity index is 138. The van der Waals surface area contributed by atoms with E-state index in [1.165, 1.54) is 0 Å². The molecule has 4 heteroatoms. The fourth-order valence-corrected chi connectivity index (χ4v) is 1.38. The molecule has 3 atom stereocenters. The quantitative estimate of drug-likeness (QED) is 0.383. The van der Waals surface area contributed by atoms with Gasteiger partial charge in [0, 0.05) is 6.42 Å². The Hall–Kier alpha value is -0.160. The molecule has 0 aromatic rings. The zero-order valence-electron chi connectivity index (χ0n) is 6.27. The second kappa shape index (κ2) is 3.06. The van der Waals surface area contributed by atoms with E-state index in [0.29, 0.717) is 12.8 Å². The molecule has 0 aromatic heterocycles. The zero-order valence-corrected chi connectivity index (χ0v) is 6.27. The maximum atomic E-state index is 9.45. The van der Waals surface area contributed by atoms with Crippen molar-refractivity contribution < 1.29 is 20.4 Å². The third kappa shape index (κ3) is 1.90. The minimum absolute atomic E-state index is 0.0602. The number of hydrogen-bond donors (Lipinski definition) is 4. The first kappa shape index (κ1) is 8.93. The Kier molecular flexibility index (Phi) is 2.49. The summed E-state index contributed by atoms with van der Waals surface area (Å²) in [5.74, 6) is 0. The summed E-state index contributed by atoms with van der Waals surface area (Å²) in [4.78, 5) is 0. The number of rotatable bonds is 1. The van der Waals surface area contributed by atoms with E-state index in [4.69, 9.17) is 15.3 Å². The topological polar surface area (TPSA) is 80.9 Å². The first-order valence-corrected chi connectivity index (χ1v) is 3.77. The summed E-state index contributed by atoms with van der Waals surface area (Å²) in [6.45, 7) is -0.350. The molecule has 0 unspecified atom stereocenters. The molecule has 0 aliphatic heterocycles. The Morgan fingerprint density at radius 1 is 1.27 bits per heavy atom. The predicted octanol–water partition coefficient (Wildman–Crippen LogP) is -1.38. The van der Waals surface area contributed by atoms with Gasteiger partial charge in [0.25, 0.3) is 0 Å². The van der Waals surface area contributed by atoms with Gasteiger partial charge in [-0.05, 0) is 12.8 Å². The summed E-state index contributed by atoms with van der Waals surface area (Å²) in [5.41, 5.74) is -1.18. The van der Waals surface area contributed by atoms with Crippen molar-refractivity contribution in [3.05, 3.63) is 0 Å². The zero-order chi connectivity index (χ0) is 8.48. The number of hydrogen-bond acceptors (Lipinski definition) is 4. The van der Waals surface area contributed by atoms with Gasteiger partial charge in [-0.1, -0.05) is 0 Å². The highest BCUT2D eigenvalue weighted by Gasteiger charge is 2.37. The van der Waals surface area contributed by atoms with Gasteiger partial charge in [0.05, 0.1) is 24.4 Å². The Morgan fingerprint density at radius 2 is 1.91 bits per heavy atom. The average Bonchev–Trinajstić information content (AvgIpc) is 1.98. The van der Waals surface area contributed by atoms with Crippen LogP contribution in [0.15, 0.2) is 0 Å². The van der Waals surface area contributed by atoms with Gasteiger partial charge in [0.15, 0.2) is 0 Å². The standard InChI is InChI=1S/C7H14O4/c8-4-7(11)2-1-5(9)6(10)3-7/h5-6,8-11H,1-4H2/t5-,6-,7+/m0/s1. The highest BCUT2D eigenvalue weighted by Crippen LogP contribution is 2.27. The van der Waals surface area contributed by atoms with Crippen LogP contribution in [0, 0.1) is 0 Å². The lowest BCUT2D eigenvalue weighted by Gasteiger charge is -2.35. The normalized spacial score (nSPS) is 45.8. The summed E-state index contributed by atoms with van der Waals surface area (Å²) >= 11 is 0. The number of aliphatic hydroxyl groups is 4. The van der Waals surface area contributed by atoms with Gasteiger partial charge in [0.2, 0.25) is 0 Å². The molecule has 0 saturated heterocycles. The van der Waals surface area contributed by atoms with Gasteiger partial charge in [0.1, 0.15) is 0 Å². The molecule has 4 nitrogen and oxygen atoms in total. The maximum Gasteiger partial charge on any atom is 0.0903 e. The Balaban J connectivity index is 2.51. The highest BCUT2D eigenvalue weighted by molar-refractivity contribution is 4.89. The van der Waals surface area contributed by atoms with Gasteiger partial charge in [-0.15, -0.1) is 0 Å². The summed E-state index contributed by atoms with van der Waals surface area (Å²) in [6, 6.07) is 0. The molecule has 4 N–H and O–H groups in total. The minimum Gasteiger partial charge on any atom is -0.393 e. The van der Waals surface area contributed by atoms with E-state index in [2.05, 4.69) is 0 Å². The molecule has 0 heterocycles. The van der Waals surface area contributed by atoms with Crippen LogP contribution in [0.25, 0.3) is 0 Å². The SMILES string of the molecule is OC[C@@]1(O)CC[C@H](O)[C@@H](O)C1. The third-order valence-electron chi connectivity index (χ3n) is 2.23. The van der Waals surface area contributed by atoms with Crippen molar-refractivity contribution in [2.75, 3.05) is 6.61 Å². The summed E-state index contributed by atoms with van der Waals surface area (Å²) in [7, 11) is 0. The van der Waals surface area contributed by atoms with Crippen LogP contribution in [0.2, 0.25) is 0 Å². The Labute approximate surface area is 65.1 Å². The summed E-state index contributed by atoms with van der Waals surface area (Å²) < 4.78 is 0. The van der Waals surface area contributed by atoms with Gasteiger partial charge < -0.3 is 20.4 Å². The molecule has 1 rings (SSSR count). The van der Waals surface area contributed by atoms with Gasteiger partial charge >= 0.3 is 0 Å². The van der Waals surface area contributed by atoms with E-state index in [9.17, 15) is 5.11 Å². The summed E-state index contributed by atoms with van der Waals surface area (Å²) in [5, 5.41) is 36.3. The van der Waals surface area contributed by atoms with Crippen LogP contribution in [-0.2, 0) is 0 Å².